The van der Waals surface area contributed by atoms with Crippen LogP contribution in [-0.2, 0) is 0 Å². The molecule has 4 aromatic rings. The van der Waals surface area contributed by atoms with E-state index in [1.165, 1.54) is 0 Å². The minimum atomic E-state index is 0.288. The Labute approximate surface area is 167 Å². The van der Waals surface area contributed by atoms with Gasteiger partial charge in [0.2, 0.25) is 17.8 Å². The van der Waals surface area contributed by atoms with Crippen LogP contribution in [0.2, 0.25) is 0 Å². The van der Waals surface area contributed by atoms with Crippen molar-refractivity contribution in [2.24, 2.45) is 5.10 Å². The van der Waals surface area contributed by atoms with Crippen molar-refractivity contribution in [3.63, 3.8) is 0 Å². The van der Waals surface area contributed by atoms with Gasteiger partial charge in [-0.25, -0.2) is 5.43 Å². The van der Waals surface area contributed by atoms with Crippen LogP contribution in [0.5, 0.6) is 0 Å². The largest absolute Gasteiger partial charge is 0.460 e. The summed E-state index contributed by atoms with van der Waals surface area (Å²) in [7, 11) is 0. The van der Waals surface area contributed by atoms with E-state index in [0.29, 0.717) is 17.7 Å². The number of rotatable bonds is 7. The molecule has 0 spiro atoms. The summed E-state index contributed by atoms with van der Waals surface area (Å²) in [6.45, 7) is 1.87. The van der Waals surface area contributed by atoms with Crippen molar-refractivity contribution in [2.45, 2.75) is 6.92 Å². The molecular formula is C21H19N7O. The lowest BCUT2D eigenvalue weighted by Crippen LogP contribution is -2.07. The second kappa shape index (κ2) is 8.66. The number of nitrogens with zero attached hydrogens (tertiary/aromatic N) is 4. The number of nitrogens with one attached hydrogen (secondary N) is 3. The Morgan fingerprint density at radius 3 is 1.79 bits per heavy atom. The van der Waals surface area contributed by atoms with Crippen LogP contribution < -0.4 is 16.1 Å². The average molecular weight is 385 g/mol. The van der Waals surface area contributed by atoms with Crippen molar-refractivity contribution in [2.75, 3.05) is 16.1 Å². The highest BCUT2D eigenvalue weighted by molar-refractivity contribution is 5.76. The molecule has 0 aliphatic carbocycles. The Balaban J connectivity index is 1.57. The normalized spacial score (nSPS) is 10.8. The van der Waals surface area contributed by atoms with Gasteiger partial charge < -0.3 is 15.1 Å². The van der Waals surface area contributed by atoms with Crippen molar-refractivity contribution < 1.29 is 4.42 Å². The molecule has 4 rings (SSSR count). The number of aromatic nitrogens is 3. The zero-order chi connectivity index (χ0) is 19.9. The highest BCUT2D eigenvalue weighted by atomic mass is 16.3. The van der Waals surface area contributed by atoms with Gasteiger partial charge in [-0.05, 0) is 43.3 Å². The predicted molar refractivity (Wildman–Crippen MR) is 114 cm³/mol. The molecule has 0 radical (unpaired) electrons. The van der Waals surface area contributed by atoms with Crippen molar-refractivity contribution in [3.05, 3.63) is 84.3 Å². The summed E-state index contributed by atoms with van der Waals surface area (Å²) >= 11 is 0. The maximum atomic E-state index is 5.46. The van der Waals surface area contributed by atoms with Gasteiger partial charge in [0.15, 0.2) is 0 Å². The highest BCUT2D eigenvalue weighted by Crippen LogP contribution is 2.18. The molecule has 8 nitrogen and oxygen atoms in total. The van der Waals surface area contributed by atoms with Crippen LogP contribution in [-0.4, -0.2) is 21.2 Å². The lowest BCUT2D eigenvalue weighted by molar-refractivity contribution is 0.528. The first-order valence-electron chi connectivity index (χ1n) is 9.00. The first-order valence-corrected chi connectivity index (χ1v) is 9.00. The number of hydrogen-bond acceptors (Lipinski definition) is 8. The number of hydrogen-bond donors (Lipinski definition) is 3. The average Bonchev–Trinajstić information content (AvgIpc) is 3.14. The third-order valence-electron chi connectivity index (χ3n) is 3.81. The molecule has 0 saturated carbocycles. The molecule has 29 heavy (non-hydrogen) atoms. The Morgan fingerprint density at radius 1 is 0.724 bits per heavy atom. The van der Waals surface area contributed by atoms with Gasteiger partial charge in [0, 0.05) is 11.4 Å². The number of benzene rings is 2. The van der Waals surface area contributed by atoms with E-state index in [4.69, 9.17) is 4.42 Å². The van der Waals surface area contributed by atoms with Crippen molar-refractivity contribution in [1.29, 1.82) is 0 Å². The molecule has 3 N–H and O–H groups in total. The van der Waals surface area contributed by atoms with Gasteiger partial charge in [-0.3, -0.25) is 0 Å². The maximum absolute atomic E-state index is 5.46. The van der Waals surface area contributed by atoms with Crippen molar-refractivity contribution >= 4 is 35.4 Å². The van der Waals surface area contributed by atoms with E-state index < -0.39 is 0 Å². The minimum absolute atomic E-state index is 0.288. The van der Waals surface area contributed by atoms with Crippen molar-refractivity contribution in [3.8, 4) is 0 Å². The van der Waals surface area contributed by atoms with E-state index >= 15 is 0 Å². The minimum Gasteiger partial charge on any atom is -0.460 e. The van der Waals surface area contributed by atoms with E-state index in [1.807, 2.05) is 79.7 Å². The smallest absolute Gasteiger partial charge is 0.250 e. The molecule has 2 heterocycles. The molecule has 8 heteroatoms. The third kappa shape index (κ3) is 5.16. The molecule has 0 fully saturated rings. The second-order valence-electron chi connectivity index (χ2n) is 6.11. The summed E-state index contributed by atoms with van der Waals surface area (Å²) in [6.07, 6.45) is 1.56. The topological polar surface area (TPSA) is 100 Å². The van der Waals surface area contributed by atoms with E-state index in [1.54, 1.807) is 6.21 Å². The maximum Gasteiger partial charge on any atom is 0.250 e. The second-order valence-corrected chi connectivity index (χ2v) is 6.11. The van der Waals surface area contributed by atoms with Gasteiger partial charge in [0.05, 0.1) is 6.21 Å². The summed E-state index contributed by atoms with van der Waals surface area (Å²) < 4.78 is 5.46. The molecular weight excluding hydrogens is 366 g/mol. The van der Waals surface area contributed by atoms with Crippen LogP contribution in [0.25, 0.3) is 0 Å². The summed E-state index contributed by atoms with van der Waals surface area (Å²) in [5, 5.41) is 10.5. The fourth-order valence-electron chi connectivity index (χ4n) is 2.52. The van der Waals surface area contributed by atoms with E-state index in [2.05, 4.69) is 36.1 Å². The molecule has 0 atom stereocenters. The lowest BCUT2D eigenvalue weighted by atomic mass is 10.3. The molecule has 144 valence electrons. The highest BCUT2D eigenvalue weighted by Gasteiger charge is 2.07. The predicted octanol–water partition coefficient (Wildman–Crippen LogP) is 4.71. The molecule has 0 aliphatic heterocycles. The standard InChI is InChI=1S/C21H19N7O/c1-15-12-13-18(29-15)14-22-28-21-26-19(23-16-8-4-2-5-9-16)25-20(27-21)24-17-10-6-3-7-11-17/h2-14H,1H3,(H3,23,24,25,26,27,28)/b22-14-. The number of para-hydroxylation sites is 2. The third-order valence-corrected chi connectivity index (χ3v) is 3.81. The zero-order valence-corrected chi connectivity index (χ0v) is 15.7. The summed E-state index contributed by atoms with van der Waals surface area (Å²) in [6, 6.07) is 23.0. The number of hydrazone groups is 1. The molecule has 0 unspecified atom stereocenters. The monoisotopic (exact) mass is 385 g/mol. The summed E-state index contributed by atoms with van der Waals surface area (Å²) in [5.74, 6) is 2.51. The van der Waals surface area contributed by atoms with E-state index in [-0.39, 0.29) is 5.95 Å². The number of anilines is 5. The quantitative estimate of drug-likeness (QED) is 0.313. The molecule has 0 aliphatic rings. The Kier molecular flexibility index (Phi) is 5.43. The van der Waals surface area contributed by atoms with Crippen LogP contribution in [0.1, 0.15) is 11.5 Å². The van der Waals surface area contributed by atoms with Crippen molar-refractivity contribution in [1.82, 2.24) is 15.0 Å². The summed E-state index contributed by atoms with van der Waals surface area (Å²) in [4.78, 5) is 13.2. The molecule has 0 bridgehead atoms. The van der Waals surface area contributed by atoms with Gasteiger partial charge in [0.1, 0.15) is 11.5 Å². The van der Waals surface area contributed by atoms with Gasteiger partial charge in [-0.1, -0.05) is 36.4 Å². The van der Waals surface area contributed by atoms with E-state index in [9.17, 15) is 0 Å². The first kappa shape index (κ1) is 18.2. The van der Waals surface area contributed by atoms with Gasteiger partial charge >= 0.3 is 0 Å². The fraction of sp³-hybridized carbons (Fsp3) is 0.0476. The van der Waals surface area contributed by atoms with Crippen LogP contribution in [0, 0.1) is 6.92 Å². The molecule has 0 amide bonds. The molecule has 0 saturated heterocycles. The number of furan rings is 1. The van der Waals surface area contributed by atoms with Crippen LogP contribution in [0.4, 0.5) is 29.2 Å². The van der Waals surface area contributed by atoms with Gasteiger partial charge in [-0.2, -0.15) is 20.1 Å². The Morgan fingerprint density at radius 2 is 1.28 bits per heavy atom. The molecule has 2 aromatic carbocycles. The van der Waals surface area contributed by atoms with Crippen LogP contribution in [0.3, 0.4) is 0 Å². The Hall–Kier alpha value is -4.20. The van der Waals surface area contributed by atoms with Gasteiger partial charge in [-0.15, -0.1) is 0 Å². The SMILES string of the molecule is Cc1ccc(/C=N\Nc2nc(Nc3ccccc3)nc(Nc3ccccc3)n2)o1. The van der Waals surface area contributed by atoms with Crippen LogP contribution >= 0.6 is 0 Å². The zero-order valence-electron chi connectivity index (χ0n) is 15.7. The number of aryl methyl sites for hydroxylation is 1. The van der Waals surface area contributed by atoms with Crippen LogP contribution in [0.15, 0.2) is 82.3 Å². The Bertz CT molecular complexity index is 1030. The summed E-state index contributed by atoms with van der Waals surface area (Å²) in [5.41, 5.74) is 4.55. The first-order chi connectivity index (χ1) is 14.2. The molecule has 2 aromatic heterocycles. The van der Waals surface area contributed by atoms with Gasteiger partial charge in [0.25, 0.3) is 0 Å². The van der Waals surface area contributed by atoms with E-state index in [0.717, 1.165) is 17.1 Å². The lowest BCUT2D eigenvalue weighted by Gasteiger charge is -2.10. The fourth-order valence-corrected chi connectivity index (χ4v) is 2.52.